The molecule has 116 valence electrons. The summed E-state index contributed by atoms with van der Waals surface area (Å²) in [6.45, 7) is 7.60. The molecule has 1 aromatic carbocycles. The lowest BCUT2D eigenvalue weighted by molar-refractivity contribution is 0.0948. The van der Waals surface area contributed by atoms with Crippen molar-refractivity contribution in [3.63, 3.8) is 0 Å². The molecule has 0 unspecified atom stereocenters. The summed E-state index contributed by atoms with van der Waals surface area (Å²) >= 11 is 0. The Morgan fingerprint density at radius 2 is 2.00 bits per heavy atom. The van der Waals surface area contributed by atoms with Gasteiger partial charge in [0, 0.05) is 25.5 Å². The number of aryl methyl sites for hydroxylation is 1. The Balaban J connectivity index is 1.99. The van der Waals surface area contributed by atoms with Crippen LogP contribution in [0, 0.1) is 12.8 Å². The Bertz CT molecular complexity index is 638. The van der Waals surface area contributed by atoms with Crippen molar-refractivity contribution in [3.05, 3.63) is 59.4 Å². The summed E-state index contributed by atoms with van der Waals surface area (Å²) in [5.74, 6) is 0.347. The first kappa shape index (κ1) is 16.0. The van der Waals surface area contributed by atoms with Gasteiger partial charge in [-0.25, -0.2) is 0 Å². The van der Waals surface area contributed by atoms with Crippen LogP contribution in [0.15, 0.2) is 42.7 Å². The molecule has 1 heterocycles. The lowest BCUT2D eigenvalue weighted by Gasteiger charge is -2.11. The molecule has 22 heavy (non-hydrogen) atoms. The predicted octanol–water partition coefficient (Wildman–Crippen LogP) is 3.39. The molecule has 2 rings (SSSR count). The van der Waals surface area contributed by atoms with Gasteiger partial charge in [-0.2, -0.15) is 0 Å². The van der Waals surface area contributed by atoms with Gasteiger partial charge in [0.15, 0.2) is 0 Å². The van der Waals surface area contributed by atoms with Crippen LogP contribution in [0.3, 0.4) is 0 Å². The van der Waals surface area contributed by atoms with E-state index in [4.69, 9.17) is 0 Å². The van der Waals surface area contributed by atoms with E-state index in [0.29, 0.717) is 24.6 Å². The lowest BCUT2D eigenvalue weighted by Crippen LogP contribution is -2.27. The van der Waals surface area contributed by atoms with Gasteiger partial charge in [0.2, 0.25) is 0 Å². The molecule has 4 nitrogen and oxygen atoms in total. The fourth-order valence-electron chi connectivity index (χ4n) is 2.07. The summed E-state index contributed by atoms with van der Waals surface area (Å²) in [6, 6.07) is 10.1. The smallest absolute Gasteiger partial charge is 0.252 e. The van der Waals surface area contributed by atoms with Crippen molar-refractivity contribution in [2.45, 2.75) is 27.3 Å². The maximum Gasteiger partial charge on any atom is 0.252 e. The van der Waals surface area contributed by atoms with E-state index >= 15 is 0 Å². The normalized spacial score (nSPS) is 10.5. The van der Waals surface area contributed by atoms with Crippen LogP contribution in [0.4, 0.5) is 5.69 Å². The Hall–Kier alpha value is -2.36. The lowest BCUT2D eigenvalue weighted by atomic mass is 10.1. The number of aromatic nitrogens is 1. The number of benzene rings is 1. The number of carbonyl (C=O) groups is 1. The minimum Gasteiger partial charge on any atom is -0.380 e. The zero-order valence-electron chi connectivity index (χ0n) is 13.4. The van der Waals surface area contributed by atoms with Crippen LogP contribution in [0.1, 0.15) is 35.3 Å². The van der Waals surface area contributed by atoms with Crippen molar-refractivity contribution < 1.29 is 4.79 Å². The number of nitrogens with zero attached hydrogens (tertiary/aromatic N) is 1. The zero-order valence-corrected chi connectivity index (χ0v) is 13.4. The largest absolute Gasteiger partial charge is 0.380 e. The van der Waals surface area contributed by atoms with Crippen LogP contribution in [0.5, 0.6) is 0 Å². The molecule has 1 amide bonds. The number of hydrogen-bond acceptors (Lipinski definition) is 3. The quantitative estimate of drug-likeness (QED) is 0.859. The molecule has 0 aliphatic rings. The SMILES string of the molecule is Cc1ccccc1CNc1cncc(C(=O)NCC(C)C)c1. The first-order valence-corrected chi connectivity index (χ1v) is 7.58. The molecule has 2 N–H and O–H groups in total. The number of nitrogens with one attached hydrogen (secondary N) is 2. The standard InChI is InChI=1S/C18H23N3O/c1-13(2)9-21-18(22)16-8-17(12-19-10-16)20-11-15-7-5-4-6-14(15)3/h4-8,10,12-13,20H,9,11H2,1-3H3,(H,21,22). The van der Waals surface area contributed by atoms with Crippen molar-refractivity contribution in [2.24, 2.45) is 5.92 Å². The summed E-state index contributed by atoms with van der Waals surface area (Å²) in [5, 5.41) is 6.22. The van der Waals surface area contributed by atoms with Gasteiger partial charge >= 0.3 is 0 Å². The van der Waals surface area contributed by atoms with Crippen molar-refractivity contribution in [3.8, 4) is 0 Å². The van der Waals surface area contributed by atoms with Crippen molar-refractivity contribution in [1.29, 1.82) is 0 Å². The Labute approximate surface area is 132 Å². The summed E-state index contributed by atoms with van der Waals surface area (Å²) < 4.78 is 0. The number of amides is 1. The van der Waals surface area contributed by atoms with Gasteiger partial charge in [-0.15, -0.1) is 0 Å². The molecule has 0 bridgehead atoms. The van der Waals surface area contributed by atoms with Crippen LogP contribution in [-0.2, 0) is 6.54 Å². The second kappa shape index (κ2) is 7.59. The highest BCUT2D eigenvalue weighted by atomic mass is 16.1. The number of carbonyl (C=O) groups excluding carboxylic acids is 1. The highest BCUT2D eigenvalue weighted by Gasteiger charge is 2.07. The number of rotatable bonds is 6. The molecule has 0 saturated carbocycles. The predicted molar refractivity (Wildman–Crippen MR) is 89.9 cm³/mol. The fraction of sp³-hybridized carbons (Fsp3) is 0.333. The van der Waals surface area contributed by atoms with Gasteiger partial charge in [0.25, 0.3) is 5.91 Å². The molecule has 0 fully saturated rings. The van der Waals surface area contributed by atoms with Gasteiger partial charge < -0.3 is 10.6 Å². The van der Waals surface area contributed by atoms with Crippen LogP contribution >= 0.6 is 0 Å². The van der Waals surface area contributed by atoms with E-state index in [1.54, 1.807) is 12.4 Å². The number of pyridine rings is 1. The van der Waals surface area contributed by atoms with Gasteiger partial charge in [0.1, 0.15) is 0 Å². The van der Waals surface area contributed by atoms with E-state index in [-0.39, 0.29) is 5.91 Å². The monoisotopic (exact) mass is 297 g/mol. The molecule has 0 saturated heterocycles. The molecule has 2 aromatic rings. The summed E-state index contributed by atoms with van der Waals surface area (Å²) in [7, 11) is 0. The second-order valence-electron chi connectivity index (χ2n) is 5.85. The Morgan fingerprint density at radius 1 is 1.23 bits per heavy atom. The van der Waals surface area contributed by atoms with E-state index in [9.17, 15) is 4.79 Å². The van der Waals surface area contributed by atoms with Crippen molar-refractivity contribution in [2.75, 3.05) is 11.9 Å². The Morgan fingerprint density at radius 3 is 2.73 bits per heavy atom. The topological polar surface area (TPSA) is 54.0 Å². The van der Waals surface area contributed by atoms with Gasteiger partial charge in [0.05, 0.1) is 11.3 Å². The molecule has 0 atom stereocenters. The van der Waals surface area contributed by atoms with E-state index in [1.807, 2.05) is 18.2 Å². The minimum atomic E-state index is -0.0826. The molecule has 0 aliphatic carbocycles. The third kappa shape index (κ3) is 4.58. The maximum absolute atomic E-state index is 12.1. The van der Waals surface area contributed by atoms with Crippen molar-refractivity contribution >= 4 is 11.6 Å². The third-order valence-electron chi connectivity index (χ3n) is 3.42. The van der Waals surface area contributed by atoms with Crippen LogP contribution < -0.4 is 10.6 Å². The minimum absolute atomic E-state index is 0.0826. The molecule has 4 heteroatoms. The molecule has 1 aromatic heterocycles. The summed E-state index contributed by atoms with van der Waals surface area (Å²) in [4.78, 5) is 16.2. The highest BCUT2D eigenvalue weighted by Crippen LogP contribution is 2.13. The van der Waals surface area contributed by atoms with E-state index < -0.39 is 0 Å². The van der Waals surface area contributed by atoms with Gasteiger partial charge in [-0.3, -0.25) is 9.78 Å². The highest BCUT2D eigenvalue weighted by molar-refractivity contribution is 5.94. The molecule has 0 aliphatic heterocycles. The number of hydrogen-bond donors (Lipinski definition) is 2. The molecular weight excluding hydrogens is 274 g/mol. The van der Waals surface area contributed by atoms with E-state index in [2.05, 4.69) is 48.5 Å². The van der Waals surface area contributed by atoms with Crippen LogP contribution in [-0.4, -0.2) is 17.4 Å². The fourth-order valence-corrected chi connectivity index (χ4v) is 2.07. The second-order valence-corrected chi connectivity index (χ2v) is 5.85. The van der Waals surface area contributed by atoms with Crippen molar-refractivity contribution in [1.82, 2.24) is 10.3 Å². The third-order valence-corrected chi connectivity index (χ3v) is 3.42. The van der Waals surface area contributed by atoms with E-state index in [0.717, 1.165) is 5.69 Å². The molecule has 0 spiro atoms. The van der Waals surface area contributed by atoms with Gasteiger partial charge in [-0.05, 0) is 30.0 Å². The number of anilines is 1. The maximum atomic E-state index is 12.1. The first-order valence-electron chi connectivity index (χ1n) is 7.58. The average Bonchev–Trinajstić information content (AvgIpc) is 2.52. The summed E-state index contributed by atoms with van der Waals surface area (Å²) in [5.41, 5.74) is 3.90. The van der Waals surface area contributed by atoms with E-state index in [1.165, 1.54) is 11.1 Å². The molecular formula is C18H23N3O. The van der Waals surface area contributed by atoms with Gasteiger partial charge in [-0.1, -0.05) is 38.1 Å². The first-order chi connectivity index (χ1) is 10.6. The summed E-state index contributed by atoms with van der Waals surface area (Å²) in [6.07, 6.45) is 3.33. The average molecular weight is 297 g/mol. The van der Waals surface area contributed by atoms with Crippen LogP contribution in [0.2, 0.25) is 0 Å². The van der Waals surface area contributed by atoms with Crippen LogP contribution in [0.25, 0.3) is 0 Å². The zero-order chi connectivity index (χ0) is 15.9. The Kier molecular flexibility index (Phi) is 5.53. The molecule has 0 radical (unpaired) electrons.